The summed E-state index contributed by atoms with van der Waals surface area (Å²) in [6.45, 7) is 2.62. The molecule has 20 heavy (non-hydrogen) atoms. The molecule has 1 aromatic carbocycles. The van der Waals surface area contributed by atoms with Crippen molar-refractivity contribution < 1.29 is 14.3 Å². The molecule has 1 rings (SSSR count). The van der Waals surface area contributed by atoms with Crippen molar-refractivity contribution in [3.8, 4) is 0 Å². The van der Waals surface area contributed by atoms with Crippen LogP contribution < -0.4 is 0 Å². The minimum absolute atomic E-state index is 0.375. The molecule has 0 aliphatic rings. The monoisotopic (exact) mass is 278 g/mol. The maximum absolute atomic E-state index is 10.9. The highest BCUT2D eigenvalue weighted by Crippen LogP contribution is 2.09. The first-order valence-electron chi connectivity index (χ1n) is 7.66. The van der Waals surface area contributed by atoms with E-state index >= 15 is 0 Å². The van der Waals surface area contributed by atoms with Crippen LogP contribution in [0.3, 0.4) is 0 Å². The molecule has 3 heteroatoms. The van der Waals surface area contributed by atoms with Gasteiger partial charge in [0.05, 0.1) is 13.2 Å². The summed E-state index contributed by atoms with van der Waals surface area (Å²) in [6, 6.07) is 10.6. The SMILES string of the molecule is CCOC(=O)OCCCCCCCCc1ccccc1. The van der Waals surface area contributed by atoms with Crippen molar-refractivity contribution >= 4 is 6.16 Å². The van der Waals surface area contributed by atoms with E-state index in [1.54, 1.807) is 6.92 Å². The van der Waals surface area contributed by atoms with Crippen molar-refractivity contribution in [2.45, 2.75) is 51.9 Å². The smallest absolute Gasteiger partial charge is 0.435 e. The van der Waals surface area contributed by atoms with Crippen LogP contribution >= 0.6 is 0 Å². The van der Waals surface area contributed by atoms with Crippen molar-refractivity contribution in [1.82, 2.24) is 0 Å². The first kappa shape index (κ1) is 16.5. The topological polar surface area (TPSA) is 35.5 Å². The number of carbonyl (C=O) groups is 1. The van der Waals surface area contributed by atoms with Gasteiger partial charge in [-0.1, -0.05) is 56.0 Å². The van der Waals surface area contributed by atoms with Crippen LogP contribution in [0.2, 0.25) is 0 Å². The maximum Gasteiger partial charge on any atom is 0.508 e. The Balaban J connectivity index is 1.84. The molecular weight excluding hydrogens is 252 g/mol. The van der Waals surface area contributed by atoms with Crippen LogP contribution in [-0.4, -0.2) is 19.4 Å². The minimum atomic E-state index is -0.546. The Bertz CT molecular complexity index is 349. The lowest BCUT2D eigenvalue weighted by molar-refractivity contribution is 0.0578. The molecule has 0 spiro atoms. The lowest BCUT2D eigenvalue weighted by Gasteiger charge is -2.04. The molecule has 0 saturated carbocycles. The molecule has 0 aromatic heterocycles. The maximum atomic E-state index is 10.9. The van der Waals surface area contributed by atoms with E-state index in [9.17, 15) is 4.79 Å². The minimum Gasteiger partial charge on any atom is -0.435 e. The van der Waals surface area contributed by atoms with Crippen LogP contribution in [0.25, 0.3) is 0 Å². The predicted molar refractivity (Wildman–Crippen MR) is 80.8 cm³/mol. The molecule has 0 amide bonds. The van der Waals surface area contributed by atoms with Crippen LogP contribution in [0.1, 0.15) is 51.0 Å². The number of hydrogen-bond acceptors (Lipinski definition) is 3. The Hall–Kier alpha value is -1.51. The largest absolute Gasteiger partial charge is 0.508 e. The van der Waals surface area contributed by atoms with Crippen LogP contribution in [0.15, 0.2) is 30.3 Å². The summed E-state index contributed by atoms with van der Waals surface area (Å²) in [7, 11) is 0. The molecular formula is C17H26O3. The molecule has 0 bridgehead atoms. The second-order valence-corrected chi connectivity index (χ2v) is 4.89. The van der Waals surface area contributed by atoms with Gasteiger partial charge in [0.15, 0.2) is 0 Å². The summed E-state index contributed by atoms with van der Waals surface area (Å²) in [5.74, 6) is 0. The first-order valence-corrected chi connectivity index (χ1v) is 7.66. The van der Waals surface area contributed by atoms with Gasteiger partial charge in [-0.05, 0) is 31.7 Å². The second kappa shape index (κ2) is 11.3. The molecule has 0 radical (unpaired) electrons. The second-order valence-electron chi connectivity index (χ2n) is 4.89. The molecule has 3 nitrogen and oxygen atoms in total. The van der Waals surface area contributed by atoms with Crippen LogP contribution in [-0.2, 0) is 15.9 Å². The van der Waals surface area contributed by atoms with Gasteiger partial charge < -0.3 is 9.47 Å². The Morgan fingerprint density at radius 3 is 2.25 bits per heavy atom. The number of hydrogen-bond donors (Lipinski definition) is 0. The highest BCUT2D eigenvalue weighted by atomic mass is 16.7. The summed E-state index contributed by atoms with van der Waals surface area (Å²) in [5, 5.41) is 0. The summed E-state index contributed by atoms with van der Waals surface area (Å²) < 4.78 is 9.59. The van der Waals surface area contributed by atoms with E-state index in [-0.39, 0.29) is 0 Å². The fourth-order valence-corrected chi connectivity index (χ4v) is 2.10. The Morgan fingerprint density at radius 2 is 1.55 bits per heavy atom. The van der Waals surface area contributed by atoms with Gasteiger partial charge in [0.2, 0.25) is 0 Å². The van der Waals surface area contributed by atoms with E-state index in [0.717, 1.165) is 12.8 Å². The number of unbranched alkanes of at least 4 members (excludes halogenated alkanes) is 5. The zero-order chi connectivity index (χ0) is 14.5. The number of carbonyl (C=O) groups excluding carboxylic acids is 1. The highest BCUT2D eigenvalue weighted by molar-refractivity contribution is 5.59. The van der Waals surface area contributed by atoms with Crippen molar-refractivity contribution in [2.75, 3.05) is 13.2 Å². The average Bonchev–Trinajstić information content (AvgIpc) is 2.47. The van der Waals surface area contributed by atoms with Crippen molar-refractivity contribution in [1.29, 1.82) is 0 Å². The normalized spacial score (nSPS) is 10.2. The Morgan fingerprint density at radius 1 is 0.900 bits per heavy atom. The zero-order valence-electron chi connectivity index (χ0n) is 12.5. The highest BCUT2D eigenvalue weighted by Gasteiger charge is 2.00. The van der Waals surface area contributed by atoms with Gasteiger partial charge in [0, 0.05) is 0 Å². The van der Waals surface area contributed by atoms with Gasteiger partial charge in [-0.25, -0.2) is 4.79 Å². The number of aryl methyl sites for hydroxylation is 1. The third kappa shape index (κ3) is 8.57. The molecule has 1 aromatic rings. The predicted octanol–water partition coefficient (Wildman–Crippen LogP) is 4.74. The molecule has 0 saturated heterocycles. The lowest BCUT2D eigenvalue weighted by Crippen LogP contribution is -2.07. The molecule has 0 atom stereocenters. The summed E-state index contributed by atoms with van der Waals surface area (Å²) >= 11 is 0. The van der Waals surface area contributed by atoms with Crippen molar-refractivity contribution in [2.24, 2.45) is 0 Å². The van der Waals surface area contributed by atoms with Gasteiger partial charge in [0.1, 0.15) is 0 Å². The van der Waals surface area contributed by atoms with Crippen LogP contribution in [0, 0.1) is 0 Å². The van der Waals surface area contributed by atoms with Gasteiger partial charge in [-0.3, -0.25) is 0 Å². The average molecular weight is 278 g/mol. The zero-order valence-corrected chi connectivity index (χ0v) is 12.5. The quantitative estimate of drug-likeness (QED) is 0.458. The fraction of sp³-hybridized carbons (Fsp3) is 0.588. The lowest BCUT2D eigenvalue weighted by atomic mass is 10.1. The van der Waals surface area contributed by atoms with Gasteiger partial charge >= 0.3 is 6.16 Å². The molecule has 0 unspecified atom stereocenters. The molecule has 0 aliphatic heterocycles. The summed E-state index contributed by atoms with van der Waals surface area (Å²) in [6.07, 6.45) is 7.66. The fourth-order valence-electron chi connectivity index (χ4n) is 2.10. The van der Waals surface area contributed by atoms with E-state index in [1.165, 1.54) is 37.7 Å². The number of rotatable bonds is 10. The molecule has 0 aliphatic carbocycles. The molecule has 112 valence electrons. The van der Waals surface area contributed by atoms with Crippen molar-refractivity contribution in [3.63, 3.8) is 0 Å². The van der Waals surface area contributed by atoms with E-state index in [2.05, 4.69) is 35.1 Å². The molecule has 0 heterocycles. The van der Waals surface area contributed by atoms with Gasteiger partial charge in [-0.15, -0.1) is 0 Å². The van der Waals surface area contributed by atoms with E-state index in [0.29, 0.717) is 13.2 Å². The van der Waals surface area contributed by atoms with Crippen LogP contribution in [0.4, 0.5) is 4.79 Å². The van der Waals surface area contributed by atoms with Crippen LogP contribution in [0.5, 0.6) is 0 Å². The third-order valence-electron chi connectivity index (χ3n) is 3.18. The van der Waals surface area contributed by atoms with E-state index < -0.39 is 6.16 Å². The molecule has 0 N–H and O–H groups in total. The Kier molecular flexibility index (Phi) is 9.37. The summed E-state index contributed by atoms with van der Waals surface area (Å²) in [5.41, 5.74) is 1.43. The molecule has 0 fully saturated rings. The third-order valence-corrected chi connectivity index (χ3v) is 3.18. The number of ether oxygens (including phenoxy) is 2. The number of benzene rings is 1. The standard InChI is InChI=1S/C17H26O3/c1-2-19-17(18)20-15-11-6-4-3-5-8-12-16-13-9-7-10-14-16/h7,9-10,13-14H,2-6,8,11-12,15H2,1H3. The van der Waals surface area contributed by atoms with E-state index in [4.69, 9.17) is 4.74 Å². The summed E-state index contributed by atoms with van der Waals surface area (Å²) in [4.78, 5) is 10.9. The Labute approximate surface area is 122 Å². The van der Waals surface area contributed by atoms with Gasteiger partial charge in [-0.2, -0.15) is 0 Å². The van der Waals surface area contributed by atoms with Crippen molar-refractivity contribution in [3.05, 3.63) is 35.9 Å². The first-order chi connectivity index (χ1) is 9.83. The van der Waals surface area contributed by atoms with Gasteiger partial charge in [0.25, 0.3) is 0 Å². The van der Waals surface area contributed by atoms with E-state index in [1.807, 2.05) is 0 Å².